The van der Waals surface area contributed by atoms with E-state index in [2.05, 4.69) is 6.58 Å². The van der Waals surface area contributed by atoms with Crippen molar-refractivity contribution in [1.29, 1.82) is 0 Å². The van der Waals surface area contributed by atoms with Crippen LogP contribution in [0.4, 0.5) is 0 Å². The molecule has 0 aliphatic rings. The van der Waals surface area contributed by atoms with E-state index in [1.54, 1.807) is 13.2 Å². The fourth-order valence-corrected chi connectivity index (χ4v) is 5.12. The molecule has 0 saturated carbocycles. The minimum atomic E-state index is -0.0979. The lowest BCUT2D eigenvalue weighted by atomic mass is 10.3. The monoisotopic (exact) mass is 929 g/mol. The molecule has 0 heterocycles. The molecule has 14 unspecified atom stereocenters. The Morgan fingerprint density at radius 3 is 0.625 bits per heavy atom. The largest absolute Gasteiger partial charge is 0.379 e. The van der Waals surface area contributed by atoms with Crippen LogP contribution < -0.4 is 0 Å². The maximum absolute atomic E-state index is 5.98. The van der Waals surface area contributed by atoms with E-state index < -0.39 is 0 Å². The van der Waals surface area contributed by atoms with Crippen LogP contribution in [-0.4, -0.2) is 205 Å². The number of hydrogen-bond acceptors (Lipinski definition) is 16. The first-order chi connectivity index (χ1) is 30.4. The molecule has 0 aromatic carbocycles. The van der Waals surface area contributed by atoms with E-state index in [1.165, 1.54) is 0 Å². The van der Waals surface area contributed by atoms with Crippen molar-refractivity contribution in [2.45, 2.75) is 182 Å². The molecule has 0 amide bonds. The molecule has 0 rings (SSSR count). The molecule has 0 aromatic heterocycles. The summed E-state index contributed by atoms with van der Waals surface area (Å²) < 4.78 is 93.1. The van der Waals surface area contributed by atoms with Gasteiger partial charge in [-0.2, -0.15) is 0 Å². The summed E-state index contributed by atoms with van der Waals surface area (Å²) in [6.07, 6.45) is 0.803. The van der Waals surface area contributed by atoms with Gasteiger partial charge in [-0.25, -0.2) is 0 Å². The highest BCUT2D eigenvalue weighted by atomic mass is 16.6. The van der Waals surface area contributed by atoms with Gasteiger partial charge in [0.1, 0.15) is 0 Å². The van der Waals surface area contributed by atoms with Crippen LogP contribution in [0.2, 0.25) is 0 Å². The van der Waals surface area contributed by atoms with Crippen molar-refractivity contribution in [2.75, 3.05) is 119 Å². The Morgan fingerprint density at radius 1 is 0.266 bits per heavy atom. The second kappa shape index (κ2) is 41.1. The number of hydrogen-bond donors (Lipinski definition) is 0. The highest BCUT2D eigenvalue weighted by molar-refractivity contribution is 4.64. The lowest BCUT2D eigenvalue weighted by molar-refractivity contribution is -0.115. The highest BCUT2D eigenvalue weighted by Gasteiger charge is 2.17. The maximum atomic E-state index is 5.98. The van der Waals surface area contributed by atoms with Gasteiger partial charge in [-0.1, -0.05) is 6.08 Å². The van der Waals surface area contributed by atoms with E-state index >= 15 is 0 Å². The SMILES string of the molecule is C=CCOCCOCC(C)OCC(C)OCC(C)OCC(C)OCC(C)OCC(C)OCC(C)OCC(C)OCC(C)OCC(C)OCC(C)OCC(C)OCC(C)OCC(C)OC. The molecule has 0 saturated heterocycles. The molecule has 0 fully saturated rings. The summed E-state index contributed by atoms with van der Waals surface area (Å²) in [5.74, 6) is 0. The van der Waals surface area contributed by atoms with Crippen LogP contribution in [-0.2, 0) is 75.8 Å². The molecule has 0 N–H and O–H groups in total. The zero-order valence-corrected chi connectivity index (χ0v) is 42.9. The molecule has 0 aromatic rings. The number of ether oxygens (including phenoxy) is 16. The Kier molecular flexibility index (Phi) is 40.5. The zero-order valence-electron chi connectivity index (χ0n) is 42.9. The van der Waals surface area contributed by atoms with Gasteiger partial charge in [0, 0.05) is 7.11 Å². The Morgan fingerprint density at radius 2 is 0.438 bits per heavy atom. The molecule has 16 heteroatoms. The first-order valence-electron chi connectivity index (χ1n) is 23.7. The second-order valence-corrected chi connectivity index (χ2v) is 17.4. The molecule has 0 aliphatic heterocycles. The highest BCUT2D eigenvalue weighted by Crippen LogP contribution is 2.08. The summed E-state index contributed by atoms with van der Waals surface area (Å²) in [7, 11) is 1.67. The smallest absolute Gasteiger partial charge is 0.0781 e. The van der Waals surface area contributed by atoms with Crippen LogP contribution in [0.25, 0.3) is 0 Å². The molecular formula is C48H96O16. The van der Waals surface area contributed by atoms with Crippen LogP contribution in [0.15, 0.2) is 12.7 Å². The Hall–Kier alpha value is -0.900. The van der Waals surface area contributed by atoms with Gasteiger partial charge in [0.2, 0.25) is 0 Å². The third-order valence-electron chi connectivity index (χ3n) is 9.36. The third-order valence-corrected chi connectivity index (χ3v) is 9.36. The third kappa shape index (κ3) is 40.2. The van der Waals surface area contributed by atoms with E-state index in [9.17, 15) is 0 Å². The first-order valence-corrected chi connectivity index (χ1v) is 23.7. The number of methoxy groups -OCH3 is 1. The summed E-state index contributed by atoms with van der Waals surface area (Å²) in [5, 5.41) is 0. The minimum Gasteiger partial charge on any atom is -0.379 e. The van der Waals surface area contributed by atoms with Crippen LogP contribution in [0.5, 0.6) is 0 Å². The van der Waals surface area contributed by atoms with E-state index in [-0.39, 0.29) is 85.5 Å². The van der Waals surface area contributed by atoms with Gasteiger partial charge in [0.15, 0.2) is 0 Å². The normalized spacial score (nSPS) is 18.9. The summed E-state index contributed by atoms with van der Waals surface area (Å²) in [6, 6.07) is 0. The lowest BCUT2D eigenvalue weighted by Gasteiger charge is -2.23. The second-order valence-electron chi connectivity index (χ2n) is 17.4. The standard InChI is InChI=1S/C48H96O16/c1-17-18-50-19-20-51-21-36(3)53-23-38(5)55-25-40(7)57-27-42(9)59-29-44(11)61-31-46(13)63-33-48(15)64-34-47(14)62-32-45(12)60-30-43(10)58-28-41(8)56-26-39(6)54-24-37(4)52-22-35(2)49-16/h17,35-48H,1,18-34H2,2-16H3. The van der Waals surface area contributed by atoms with Crippen molar-refractivity contribution in [3.63, 3.8) is 0 Å². The fraction of sp³-hybridized carbons (Fsp3) is 0.958. The molecule has 0 spiro atoms. The average molecular weight is 929 g/mol. The van der Waals surface area contributed by atoms with Crippen LogP contribution >= 0.6 is 0 Å². The fourth-order valence-electron chi connectivity index (χ4n) is 5.12. The van der Waals surface area contributed by atoms with Gasteiger partial charge in [-0.3, -0.25) is 0 Å². The van der Waals surface area contributed by atoms with Crippen molar-refractivity contribution in [1.82, 2.24) is 0 Å². The van der Waals surface area contributed by atoms with Crippen molar-refractivity contribution < 1.29 is 75.8 Å². The maximum Gasteiger partial charge on any atom is 0.0781 e. The van der Waals surface area contributed by atoms with Gasteiger partial charge >= 0.3 is 0 Å². The van der Waals surface area contributed by atoms with Gasteiger partial charge in [0.25, 0.3) is 0 Å². The predicted octanol–water partition coefficient (Wildman–Crippen LogP) is 6.51. The lowest BCUT2D eigenvalue weighted by Crippen LogP contribution is -2.31. The van der Waals surface area contributed by atoms with Crippen molar-refractivity contribution in [3.8, 4) is 0 Å². The Bertz CT molecular complexity index is 1030. The Labute approximate surface area is 389 Å². The molecule has 16 nitrogen and oxygen atoms in total. The van der Waals surface area contributed by atoms with Gasteiger partial charge in [-0.05, 0) is 96.9 Å². The first kappa shape index (κ1) is 63.1. The van der Waals surface area contributed by atoms with E-state index in [0.29, 0.717) is 112 Å². The average Bonchev–Trinajstić information content (AvgIpc) is 3.28. The van der Waals surface area contributed by atoms with Gasteiger partial charge in [-0.15, -0.1) is 6.58 Å². The van der Waals surface area contributed by atoms with Gasteiger partial charge < -0.3 is 75.8 Å². The van der Waals surface area contributed by atoms with Crippen LogP contribution in [0.1, 0.15) is 96.9 Å². The molecule has 0 radical (unpaired) electrons. The topological polar surface area (TPSA) is 148 Å². The van der Waals surface area contributed by atoms with E-state index in [1.807, 2.05) is 96.9 Å². The van der Waals surface area contributed by atoms with Crippen LogP contribution in [0, 0.1) is 0 Å². The van der Waals surface area contributed by atoms with Crippen molar-refractivity contribution in [3.05, 3.63) is 12.7 Å². The number of rotatable bonds is 47. The molecule has 64 heavy (non-hydrogen) atoms. The van der Waals surface area contributed by atoms with Crippen molar-refractivity contribution >= 4 is 0 Å². The predicted molar refractivity (Wildman–Crippen MR) is 249 cm³/mol. The zero-order chi connectivity index (χ0) is 48.1. The molecule has 384 valence electrons. The summed E-state index contributed by atoms with van der Waals surface area (Å²) >= 11 is 0. The van der Waals surface area contributed by atoms with Gasteiger partial charge in [0.05, 0.1) is 198 Å². The summed E-state index contributed by atoms with van der Waals surface area (Å²) in [6.45, 7) is 39.6. The molecule has 14 atom stereocenters. The van der Waals surface area contributed by atoms with E-state index in [4.69, 9.17) is 75.8 Å². The molecule has 0 aliphatic carbocycles. The molecular weight excluding hydrogens is 833 g/mol. The minimum absolute atomic E-state index is 0.0162. The summed E-state index contributed by atoms with van der Waals surface area (Å²) in [4.78, 5) is 0. The molecule has 0 bridgehead atoms. The van der Waals surface area contributed by atoms with Crippen molar-refractivity contribution in [2.24, 2.45) is 0 Å². The quantitative estimate of drug-likeness (QED) is 0.0482. The van der Waals surface area contributed by atoms with Crippen LogP contribution in [0.3, 0.4) is 0 Å². The Balaban J connectivity index is 3.96. The summed E-state index contributed by atoms with van der Waals surface area (Å²) in [5.41, 5.74) is 0. The van der Waals surface area contributed by atoms with E-state index in [0.717, 1.165) is 0 Å².